The van der Waals surface area contributed by atoms with Gasteiger partial charge in [0.25, 0.3) is 0 Å². The van der Waals surface area contributed by atoms with Gasteiger partial charge in [0.15, 0.2) is 0 Å². The summed E-state index contributed by atoms with van der Waals surface area (Å²) in [6.45, 7) is 1.09. The van der Waals surface area contributed by atoms with Crippen molar-refractivity contribution in [1.82, 2.24) is 10.3 Å². The summed E-state index contributed by atoms with van der Waals surface area (Å²) in [6, 6.07) is 6.35. The topological polar surface area (TPSA) is 50.9 Å². The Balaban J connectivity index is 2.03. The van der Waals surface area contributed by atoms with E-state index in [4.69, 9.17) is 5.73 Å². The van der Waals surface area contributed by atoms with E-state index in [1.807, 2.05) is 18.2 Å². The maximum Gasteiger partial charge on any atom is 0.0625 e. The van der Waals surface area contributed by atoms with Gasteiger partial charge in [0, 0.05) is 12.2 Å². The van der Waals surface area contributed by atoms with Gasteiger partial charge in [-0.2, -0.15) is 0 Å². The van der Waals surface area contributed by atoms with Crippen molar-refractivity contribution in [3.05, 3.63) is 30.1 Å². The van der Waals surface area contributed by atoms with Crippen LogP contribution in [0.1, 0.15) is 31.0 Å². The fourth-order valence-corrected chi connectivity index (χ4v) is 1.96. The lowest BCUT2D eigenvalue weighted by atomic mass is 9.96. The van der Waals surface area contributed by atoms with Gasteiger partial charge < -0.3 is 11.1 Å². The molecule has 3 N–H and O–H groups in total. The molecule has 1 aromatic heterocycles. The molecule has 0 saturated carbocycles. The number of rotatable bonds is 2. The van der Waals surface area contributed by atoms with Gasteiger partial charge >= 0.3 is 0 Å². The summed E-state index contributed by atoms with van der Waals surface area (Å²) in [5.41, 5.74) is 7.14. The van der Waals surface area contributed by atoms with Gasteiger partial charge in [-0.15, -0.1) is 0 Å². The van der Waals surface area contributed by atoms with Crippen LogP contribution in [0, 0.1) is 0 Å². The summed E-state index contributed by atoms with van der Waals surface area (Å²) < 4.78 is 0. The van der Waals surface area contributed by atoms with Crippen molar-refractivity contribution < 1.29 is 0 Å². The van der Waals surface area contributed by atoms with Gasteiger partial charge in [-0.25, -0.2) is 0 Å². The molecular weight excluding hydrogens is 174 g/mol. The lowest BCUT2D eigenvalue weighted by Crippen LogP contribution is -2.42. The third-order valence-electron chi connectivity index (χ3n) is 2.81. The van der Waals surface area contributed by atoms with E-state index >= 15 is 0 Å². The molecule has 1 saturated heterocycles. The number of nitrogens with zero attached hydrogens (tertiary/aromatic N) is 1. The van der Waals surface area contributed by atoms with Gasteiger partial charge in [-0.05, 0) is 31.5 Å². The minimum atomic E-state index is 0.0384. The Morgan fingerprint density at radius 3 is 3.00 bits per heavy atom. The fourth-order valence-electron chi connectivity index (χ4n) is 1.96. The summed E-state index contributed by atoms with van der Waals surface area (Å²) in [5.74, 6) is 0. The first-order valence-corrected chi connectivity index (χ1v) is 5.28. The predicted molar refractivity (Wildman–Crippen MR) is 56.8 cm³/mol. The Morgan fingerprint density at radius 2 is 2.36 bits per heavy atom. The number of piperidine rings is 1. The predicted octanol–water partition coefficient (Wildman–Crippen LogP) is 1.22. The zero-order valence-electron chi connectivity index (χ0n) is 8.32. The van der Waals surface area contributed by atoms with Crippen LogP contribution in [0.25, 0.3) is 0 Å². The smallest absolute Gasteiger partial charge is 0.0625 e. The molecule has 0 amide bonds. The van der Waals surface area contributed by atoms with Crippen LogP contribution in [0.5, 0.6) is 0 Å². The Hall–Kier alpha value is -0.930. The van der Waals surface area contributed by atoms with E-state index in [9.17, 15) is 0 Å². The van der Waals surface area contributed by atoms with E-state index in [2.05, 4.69) is 10.3 Å². The highest BCUT2D eigenvalue weighted by Gasteiger charge is 2.21. The average molecular weight is 191 g/mol. The highest BCUT2D eigenvalue weighted by molar-refractivity contribution is 5.10. The van der Waals surface area contributed by atoms with E-state index in [1.54, 1.807) is 6.20 Å². The van der Waals surface area contributed by atoms with E-state index in [1.165, 1.54) is 12.8 Å². The molecule has 2 unspecified atom stereocenters. The van der Waals surface area contributed by atoms with Crippen LogP contribution in [0.4, 0.5) is 0 Å². The van der Waals surface area contributed by atoms with Crippen LogP contribution >= 0.6 is 0 Å². The largest absolute Gasteiger partial charge is 0.321 e. The minimum absolute atomic E-state index is 0.0384. The number of pyridine rings is 1. The van der Waals surface area contributed by atoms with Crippen molar-refractivity contribution in [3.63, 3.8) is 0 Å². The molecule has 1 aromatic rings. The molecule has 0 spiro atoms. The third-order valence-corrected chi connectivity index (χ3v) is 2.81. The Bertz CT molecular complexity index is 267. The minimum Gasteiger partial charge on any atom is -0.321 e. The van der Waals surface area contributed by atoms with E-state index in [-0.39, 0.29) is 6.04 Å². The zero-order chi connectivity index (χ0) is 9.80. The summed E-state index contributed by atoms with van der Waals surface area (Å²) in [4.78, 5) is 4.29. The molecule has 14 heavy (non-hydrogen) atoms. The van der Waals surface area contributed by atoms with Crippen LogP contribution in [0.3, 0.4) is 0 Å². The van der Waals surface area contributed by atoms with E-state index in [0.29, 0.717) is 6.04 Å². The number of aromatic nitrogens is 1. The first kappa shape index (κ1) is 9.62. The Labute approximate surface area is 84.7 Å². The van der Waals surface area contributed by atoms with Crippen LogP contribution < -0.4 is 11.1 Å². The van der Waals surface area contributed by atoms with Crippen molar-refractivity contribution in [2.75, 3.05) is 6.54 Å². The lowest BCUT2D eigenvalue weighted by Gasteiger charge is -2.28. The Morgan fingerprint density at radius 1 is 1.43 bits per heavy atom. The molecule has 76 valence electrons. The fraction of sp³-hybridized carbons (Fsp3) is 0.545. The van der Waals surface area contributed by atoms with Crippen molar-refractivity contribution in [1.29, 1.82) is 0 Å². The molecule has 1 aliphatic rings. The summed E-state index contributed by atoms with van der Waals surface area (Å²) >= 11 is 0. The molecule has 0 bridgehead atoms. The average Bonchev–Trinajstić information content (AvgIpc) is 2.30. The zero-order valence-corrected chi connectivity index (χ0v) is 8.32. The van der Waals surface area contributed by atoms with Crippen molar-refractivity contribution in [2.45, 2.75) is 31.3 Å². The number of hydrogen-bond acceptors (Lipinski definition) is 3. The van der Waals surface area contributed by atoms with Crippen molar-refractivity contribution >= 4 is 0 Å². The molecule has 1 fully saturated rings. The van der Waals surface area contributed by atoms with Crippen LogP contribution in [0.15, 0.2) is 24.4 Å². The van der Waals surface area contributed by atoms with Gasteiger partial charge in [-0.1, -0.05) is 12.5 Å². The standard InChI is InChI=1S/C11H17N3/c12-11(9-5-1-3-7-13-9)10-6-2-4-8-14-10/h1,3,5,7,10-11,14H,2,4,6,8,12H2. The maximum atomic E-state index is 6.14. The number of nitrogens with two attached hydrogens (primary N) is 1. The normalized spacial score (nSPS) is 24.5. The summed E-state index contributed by atoms with van der Waals surface area (Å²) in [5, 5.41) is 3.45. The van der Waals surface area contributed by atoms with Gasteiger partial charge in [-0.3, -0.25) is 4.98 Å². The number of nitrogens with one attached hydrogen (secondary N) is 1. The summed E-state index contributed by atoms with van der Waals surface area (Å²) in [6.07, 6.45) is 5.51. The second-order valence-electron chi connectivity index (χ2n) is 3.84. The quantitative estimate of drug-likeness (QED) is 0.739. The van der Waals surface area contributed by atoms with Crippen molar-refractivity contribution in [3.8, 4) is 0 Å². The first-order chi connectivity index (χ1) is 6.88. The second-order valence-corrected chi connectivity index (χ2v) is 3.84. The third kappa shape index (κ3) is 2.11. The molecule has 0 aromatic carbocycles. The highest BCUT2D eigenvalue weighted by Crippen LogP contribution is 2.18. The molecule has 2 rings (SSSR count). The van der Waals surface area contributed by atoms with Gasteiger partial charge in [0.1, 0.15) is 0 Å². The van der Waals surface area contributed by atoms with E-state index in [0.717, 1.165) is 18.7 Å². The second kappa shape index (κ2) is 4.53. The van der Waals surface area contributed by atoms with Crippen molar-refractivity contribution in [2.24, 2.45) is 5.73 Å². The SMILES string of the molecule is NC(c1ccccn1)C1CCCCN1. The molecule has 1 aliphatic heterocycles. The number of hydrogen-bond donors (Lipinski definition) is 2. The molecule has 0 aliphatic carbocycles. The van der Waals surface area contributed by atoms with Gasteiger partial charge in [0.05, 0.1) is 11.7 Å². The first-order valence-electron chi connectivity index (χ1n) is 5.28. The molecule has 3 heteroatoms. The maximum absolute atomic E-state index is 6.14. The molecule has 0 radical (unpaired) electrons. The summed E-state index contributed by atoms with van der Waals surface area (Å²) in [7, 11) is 0. The Kier molecular flexibility index (Phi) is 3.11. The molecule has 2 atom stereocenters. The van der Waals surface area contributed by atoms with E-state index < -0.39 is 0 Å². The lowest BCUT2D eigenvalue weighted by molar-refractivity contribution is 0.350. The molecular formula is C11H17N3. The monoisotopic (exact) mass is 191 g/mol. The van der Waals surface area contributed by atoms with Crippen LogP contribution in [-0.4, -0.2) is 17.6 Å². The van der Waals surface area contributed by atoms with Gasteiger partial charge in [0.2, 0.25) is 0 Å². The molecule has 3 nitrogen and oxygen atoms in total. The van der Waals surface area contributed by atoms with Crippen LogP contribution in [-0.2, 0) is 0 Å². The molecule has 2 heterocycles. The highest BCUT2D eigenvalue weighted by atomic mass is 15.0. The van der Waals surface area contributed by atoms with Crippen LogP contribution in [0.2, 0.25) is 0 Å².